The molecule has 0 bridgehead atoms. The van der Waals surface area contributed by atoms with Gasteiger partial charge in [0, 0.05) is 31.2 Å². The second-order valence-corrected chi connectivity index (χ2v) is 3.95. The van der Waals surface area contributed by atoms with Crippen LogP contribution in [-0.2, 0) is 0 Å². The Hall–Kier alpha value is -1.90. The average Bonchev–Trinajstić information content (AvgIpc) is 2.40. The number of benzene rings is 1. The lowest BCUT2D eigenvalue weighted by atomic mass is 10.0. The number of anilines is 1. The Morgan fingerprint density at radius 2 is 1.65 bits per heavy atom. The smallest absolute Gasteiger partial charge is 0.0634 e. The summed E-state index contributed by atoms with van der Waals surface area (Å²) in [4.78, 5) is 8.79. The first-order valence-corrected chi connectivity index (χ1v) is 5.81. The molecule has 1 aromatic rings. The van der Waals surface area contributed by atoms with Crippen LogP contribution in [0.15, 0.2) is 46.4 Å². The molecule has 3 heteroatoms. The monoisotopic (exact) mass is 227 g/mol. The molecule has 0 spiro atoms. The molecule has 0 saturated heterocycles. The fraction of sp³-hybridized carbons (Fsp3) is 0.286. The quantitative estimate of drug-likeness (QED) is 0.827. The molecule has 2 rings (SSSR count). The van der Waals surface area contributed by atoms with E-state index < -0.39 is 0 Å². The molecular weight excluding hydrogens is 210 g/mol. The standard InChI is InChI=1S/C14H17N3/c1-15-11-3-7-13(8-4-11)17-14-9-5-12(16-2)6-10-14/h3-5,7-9,15H,6,10H2,1-2H3. The van der Waals surface area contributed by atoms with E-state index in [2.05, 4.69) is 21.4 Å². The summed E-state index contributed by atoms with van der Waals surface area (Å²) in [6.07, 6.45) is 6.06. The number of nitrogens with zero attached hydrogens (tertiary/aromatic N) is 2. The van der Waals surface area contributed by atoms with E-state index in [0.717, 1.165) is 35.6 Å². The second kappa shape index (κ2) is 5.43. The molecule has 0 amide bonds. The highest BCUT2D eigenvalue weighted by molar-refractivity contribution is 6.09. The van der Waals surface area contributed by atoms with Gasteiger partial charge in [0.1, 0.15) is 0 Å². The number of nitrogens with one attached hydrogen (secondary N) is 1. The lowest BCUT2D eigenvalue weighted by Gasteiger charge is -2.08. The lowest BCUT2D eigenvalue weighted by Crippen LogP contribution is -2.06. The molecule has 0 aromatic heterocycles. The molecule has 0 heterocycles. The molecule has 1 N–H and O–H groups in total. The third-order valence-corrected chi connectivity index (χ3v) is 2.82. The zero-order valence-corrected chi connectivity index (χ0v) is 10.3. The summed E-state index contributed by atoms with van der Waals surface area (Å²) < 4.78 is 0. The van der Waals surface area contributed by atoms with Crippen LogP contribution in [0.1, 0.15) is 12.8 Å². The highest BCUT2D eigenvalue weighted by Crippen LogP contribution is 2.18. The summed E-state index contributed by atoms with van der Waals surface area (Å²) in [6, 6.07) is 8.11. The Morgan fingerprint density at radius 1 is 1.00 bits per heavy atom. The Kier molecular flexibility index (Phi) is 3.70. The van der Waals surface area contributed by atoms with Gasteiger partial charge in [0.05, 0.1) is 5.69 Å². The van der Waals surface area contributed by atoms with Crippen LogP contribution < -0.4 is 5.32 Å². The lowest BCUT2D eigenvalue weighted by molar-refractivity contribution is 1.12. The van der Waals surface area contributed by atoms with Gasteiger partial charge in [-0.3, -0.25) is 9.98 Å². The Labute approximate surface area is 102 Å². The third-order valence-electron chi connectivity index (χ3n) is 2.82. The number of hydrogen-bond acceptors (Lipinski definition) is 3. The van der Waals surface area contributed by atoms with Crippen LogP contribution in [0.25, 0.3) is 0 Å². The molecule has 0 fully saturated rings. The van der Waals surface area contributed by atoms with Gasteiger partial charge in [0.15, 0.2) is 0 Å². The molecule has 0 atom stereocenters. The minimum Gasteiger partial charge on any atom is -0.388 e. The molecule has 0 aliphatic heterocycles. The maximum absolute atomic E-state index is 4.61. The molecule has 0 saturated carbocycles. The molecular formula is C14H17N3. The second-order valence-electron chi connectivity index (χ2n) is 3.95. The molecule has 0 radical (unpaired) electrons. The Balaban J connectivity index is 2.14. The summed E-state index contributed by atoms with van der Waals surface area (Å²) in [7, 11) is 3.74. The van der Waals surface area contributed by atoms with Crippen LogP contribution in [-0.4, -0.2) is 25.5 Å². The summed E-state index contributed by atoms with van der Waals surface area (Å²) >= 11 is 0. The van der Waals surface area contributed by atoms with Crippen molar-refractivity contribution in [2.75, 3.05) is 19.4 Å². The van der Waals surface area contributed by atoms with E-state index in [1.807, 2.05) is 44.4 Å². The predicted molar refractivity (Wildman–Crippen MR) is 74.8 cm³/mol. The highest BCUT2D eigenvalue weighted by atomic mass is 14.8. The number of hydrogen-bond donors (Lipinski definition) is 1. The first kappa shape index (κ1) is 11.6. The Bertz CT molecular complexity index is 467. The van der Waals surface area contributed by atoms with Crippen molar-refractivity contribution < 1.29 is 0 Å². The summed E-state index contributed by atoms with van der Waals surface area (Å²) in [5.74, 6) is 0. The van der Waals surface area contributed by atoms with Crippen molar-refractivity contribution in [1.29, 1.82) is 0 Å². The van der Waals surface area contributed by atoms with Gasteiger partial charge in [-0.2, -0.15) is 0 Å². The summed E-state index contributed by atoms with van der Waals surface area (Å²) in [5.41, 5.74) is 4.37. The largest absolute Gasteiger partial charge is 0.388 e. The first-order valence-electron chi connectivity index (χ1n) is 5.81. The van der Waals surface area contributed by atoms with Crippen LogP contribution in [0, 0.1) is 0 Å². The van der Waals surface area contributed by atoms with E-state index in [-0.39, 0.29) is 0 Å². The van der Waals surface area contributed by atoms with Gasteiger partial charge < -0.3 is 5.32 Å². The van der Waals surface area contributed by atoms with Gasteiger partial charge in [-0.15, -0.1) is 0 Å². The van der Waals surface area contributed by atoms with Gasteiger partial charge in [0.2, 0.25) is 0 Å². The average molecular weight is 227 g/mol. The molecule has 1 aromatic carbocycles. The van der Waals surface area contributed by atoms with Crippen LogP contribution in [0.4, 0.5) is 11.4 Å². The van der Waals surface area contributed by atoms with Crippen molar-refractivity contribution in [1.82, 2.24) is 0 Å². The summed E-state index contributed by atoms with van der Waals surface area (Å²) in [5, 5.41) is 3.09. The fourth-order valence-corrected chi connectivity index (χ4v) is 1.76. The fourth-order valence-electron chi connectivity index (χ4n) is 1.76. The SMILES string of the molecule is CN=C1C=CC(=Nc2ccc(NC)cc2)CC1. The molecule has 17 heavy (non-hydrogen) atoms. The summed E-state index contributed by atoms with van der Waals surface area (Å²) in [6.45, 7) is 0. The highest BCUT2D eigenvalue weighted by Gasteiger charge is 2.05. The van der Waals surface area contributed by atoms with Crippen molar-refractivity contribution in [2.24, 2.45) is 9.98 Å². The van der Waals surface area contributed by atoms with Crippen LogP contribution >= 0.6 is 0 Å². The van der Waals surface area contributed by atoms with E-state index >= 15 is 0 Å². The van der Waals surface area contributed by atoms with Crippen molar-refractivity contribution in [3.05, 3.63) is 36.4 Å². The first-order chi connectivity index (χ1) is 8.31. The Morgan fingerprint density at radius 3 is 2.18 bits per heavy atom. The maximum Gasteiger partial charge on any atom is 0.0634 e. The van der Waals surface area contributed by atoms with Gasteiger partial charge >= 0.3 is 0 Å². The minimum absolute atomic E-state index is 0.969. The zero-order valence-electron chi connectivity index (χ0n) is 10.3. The van der Waals surface area contributed by atoms with Crippen molar-refractivity contribution >= 4 is 22.8 Å². The molecule has 1 aliphatic carbocycles. The van der Waals surface area contributed by atoms with Crippen molar-refractivity contribution in [2.45, 2.75) is 12.8 Å². The minimum atomic E-state index is 0.969. The molecule has 1 aliphatic rings. The van der Waals surface area contributed by atoms with Crippen molar-refractivity contribution in [3.63, 3.8) is 0 Å². The van der Waals surface area contributed by atoms with Crippen LogP contribution in [0.2, 0.25) is 0 Å². The van der Waals surface area contributed by atoms with Crippen molar-refractivity contribution in [3.8, 4) is 0 Å². The topological polar surface area (TPSA) is 36.8 Å². The van der Waals surface area contributed by atoms with E-state index in [1.54, 1.807) is 0 Å². The van der Waals surface area contributed by atoms with E-state index in [0.29, 0.717) is 0 Å². The molecule has 3 nitrogen and oxygen atoms in total. The van der Waals surface area contributed by atoms with Gasteiger partial charge in [0.25, 0.3) is 0 Å². The normalized spacial score (nSPS) is 19.9. The number of aliphatic imine (C=N–C) groups is 2. The van der Waals surface area contributed by atoms with Crippen LogP contribution in [0.5, 0.6) is 0 Å². The number of rotatable bonds is 2. The van der Waals surface area contributed by atoms with Crippen LogP contribution in [0.3, 0.4) is 0 Å². The van der Waals surface area contributed by atoms with E-state index in [1.165, 1.54) is 0 Å². The van der Waals surface area contributed by atoms with Gasteiger partial charge in [-0.1, -0.05) is 0 Å². The molecule has 0 unspecified atom stereocenters. The van der Waals surface area contributed by atoms with E-state index in [4.69, 9.17) is 0 Å². The van der Waals surface area contributed by atoms with E-state index in [9.17, 15) is 0 Å². The van der Waals surface area contributed by atoms with Gasteiger partial charge in [-0.25, -0.2) is 0 Å². The number of allylic oxidation sites excluding steroid dienone is 2. The predicted octanol–water partition coefficient (Wildman–Crippen LogP) is 3.22. The van der Waals surface area contributed by atoms with Gasteiger partial charge in [-0.05, 0) is 49.3 Å². The maximum atomic E-state index is 4.61. The third kappa shape index (κ3) is 3.03. The molecule has 88 valence electrons. The zero-order chi connectivity index (χ0) is 12.1.